The van der Waals surface area contributed by atoms with Crippen molar-refractivity contribution < 1.29 is 13.9 Å². The van der Waals surface area contributed by atoms with Crippen molar-refractivity contribution in [3.63, 3.8) is 0 Å². The van der Waals surface area contributed by atoms with Gasteiger partial charge in [-0.25, -0.2) is 4.98 Å². The molecule has 1 aromatic heterocycles. The van der Waals surface area contributed by atoms with Crippen LogP contribution in [-0.2, 0) is 0 Å². The van der Waals surface area contributed by atoms with Crippen LogP contribution in [-0.4, -0.2) is 18.0 Å². The van der Waals surface area contributed by atoms with Gasteiger partial charge in [-0.15, -0.1) is 0 Å². The molecule has 0 aliphatic carbocycles. The molecule has 7 heteroatoms. The average molecular weight is 441 g/mol. The Hall–Kier alpha value is -3.02. The molecule has 152 valence electrons. The summed E-state index contributed by atoms with van der Waals surface area (Å²) in [6.07, 6.45) is 0. The maximum Gasteiger partial charge on any atom is 0.259 e. The molecule has 5 nitrogen and oxygen atoms in total. The lowest BCUT2D eigenvalue weighted by Gasteiger charge is -2.11. The van der Waals surface area contributed by atoms with Gasteiger partial charge in [0.1, 0.15) is 11.3 Å². The second kappa shape index (κ2) is 8.01. The van der Waals surface area contributed by atoms with Crippen molar-refractivity contribution in [1.29, 1.82) is 0 Å². The monoisotopic (exact) mass is 440 g/mol. The number of carbonyl (C=O) groups excluding carboxylic acids is 1. The highest BCUT2D eigenvalue weighted by Gasteiger charge is 2.18. The van der Waals surface area contributed by atoms with Crippen molar-refractivity contribution in [2.24, 2.45) is 0 Å². The van der Waals surface area contributed by atoms with Gasteiger partial charge in [-0.3, -0.25) is 4.79 Å². The summed E-state index contributed by atoms with van der Waals surface area (Å²) < 4.78 is 11.1. The second-order valence-electron chi connectivity index (χ2n) is 6.92. The molecule has 0 radical (unpaired) electrons. The lowest BCUT2D eigenvalue weighted by molar-refractivity contribution is 0.102. The third kappa shape index (κ3) is 3.86. The van der Waals surface area contributed by atoms with E-state index in [1.807, 2.05) is 25.1 Å². The molecule has 1 amide bonds. The van der Waals surface area contributed by atoms with Crippen LogP contribution < -0.4 is 10.1 Å². The minimum Gasteiger partial charge on any atom is -0.494 e. The summed E-state index contributed by atoms with van der Waals surface area (Å²) in [5.74, 6) is 0.395. The number of hydrogen-bond donors (Lipinski definition) is 1. The number of methoxy groups -OCH3 is 1. The highest BCUT2D eigenvalue weighted by molar-refractivity contribution is 6.36. The zero-order chi connectivity index (χ0) is 21.4. The summed E-state index contributed by atoms with van der Waals surface area (Å²) in [4.78, 5) is 17.3. The third-order valence-electron chi connectivity index (χ3n) is 4.86. The lowest BCUT2D eigenvalue weighted by Crippen LogP contribution is -2.13. The van der Waals surface area contributed by atoms with Crippen LogP contribution in [0.4, 0.5) is 5.69 Å². The molecule has 1 N–H and O–H groups in total. The fourth-order valence-electron chi connectivity index (χ4n) is 3.14. The Bertz CT molecular complexity index is 1280. The maximum absolute atomic E-state index is 12.8. The highest BCUT2D eigenvalue weighted by Crippen LogP contribution is 2.33. The Labute approximate surface area is 183 Å². The van der Waals surface area contributed by atoms with E-state index >= 15 is 0 Å². The van der Waals surface area contributed by atoms with Gasteiger partial charge in [0.15, 0.2) is 5.58 Å². The molecule has 4 rings (SSSR count). The number of carbonyl (C=O) groups is 1. The van der Waals surface area contributed by atoms with Gasteiger partial charge in [0, 0.05) is 16.3 Å². The Morgan fingerprint density at radius 1 is 1.03 bits per heavy atom. The molecule has 1 heterocycles. The first-order valence-electron chi connectivity index (χ1n) is 9.18. The van der Waals surface area contributed by atoms with E-state index in [9.17, 15) is 4.79 Å². The molecule has 0 aliphatic heterocycles. The average Bonchev–Trinajstić information content (AvgIpc) is 3.13. The van der Waals surface area contributed by atoms with Crippen molar-refractivity contribution >= 4 is 45.9 Å². The number of benzene rings is 3. The quantitative estimate of drug-likeness (QED) is 0.384. The summed E-state index contributed by atoms with van der Waals surface area (Å²) in [7, 11) is 1.45. The van der Waals surface area contributed by atoms with Gasteiger partial charge in [0.2, 0.25) is 5.89 Å². The van der Waals surface area contributed by atoms with Crippen LogP contribution in [0.2, 0.25) is 10.0 Å². The molecule has 4 aromatic rings. The molecule has 30 heavy (non-hydrogen) atoms. The number of halogens is 2. The van der Waals surface area contributed by atoms with Crippen LogP contribution in [0.25, 0.3) is 22.6 Å². The van der Waals surface area contributed by atoms with Gasteiger partial charge in [-0.1, -0.05) is 29.3 Å². The molecular weight excluding hydrogens is 423 g/mol. The molecule has 0 saturated heterocycles. The zero-order valence-electron chi connectivity index (χ0n) is 16.5. The smallest absolute Gasteiger partial charge is 0.259 e. The summed E-state index contributed by atoms with van der Waals surface area (Å²) in [5, 5.41) is 3.43. The number of hydrogen-bond acceptors (Lipinski definition) is 4. The van der Waals surface area contributed by atoms with E-state index in [1.54, 1.807) is 18.2 Å². The third-order valence-corrected chi connectivity index (χ3v) is 5.36. The summed E-state index contributed by atoms with van der Waals surface area (Å²) in [6.45, 7) is 4.10. The Balaban J connectivity index is 1.64. The zero-order valence-corrected chi connectivity index (χ0v) is 18.1. The van der Waals surface area contributed by atoms with E-state index in [0.29, 0.717) is 27.7 Å². The summed E-state index contributed by atoms with van der Waals surface area (Å²) in [5.41, 5.74) is 5.34. The molecule has 0 aliphatic rings. The summed E-state index contributed by atoms with van der Waals surface area (Å²) >= 11 is 12.2. The van der Waals surface area contributed by atoms with Crippen LogP contribution >= 0.6 is 23.2 Å². The number of aryl methyl sites for hydroxylation is 2. The van der Waals surface area contributed by atoms with Crippen molar-refractivity contribution in [3.05, 3.63) is 75.3 Å². The fraction of sp³-hybridized carbons (Fsp3) is 0.130. The Morgan fingerprint density at radius 2 is 1.83 bits per heavy atom. The predicted molar refractivity (Wildman–Crippen MR) is 120 cm³/mol. The van der Waals surface area contributed by atoms with E-state index in [0.717, 1.165) is 11.1 Å². The number of aromatic nitrogens is 1. The first-order chi connectivity index (χ1) is 14.4. The van der Waals surface area contributed by atoms with Crippen LogP contribution in [0.1, 0.15) is 21.5 Å². The predicted octanol–water partition coefficient (Wildman–Crippen LogP) is 6.68. The number of fused-ring (bicyclic) bond motifs is 1. The molecule has 0 unspecified atom stereocenters. The van der Waals surface area contributed by atoms with Gasteiger partial charge in [-0.05, 0) is 67.4 Å². The van der Waals surface area contributed by atoms with E-state index in [2.05, 4.69) is 17.2 Å². The highest BCUT2D eigenvalue weighted by atomic mass is 35.5. The van der Waals surface area contributed by atoms with Crippen molar-refractivity contribution in [3.8, 4) is 17.2 Å². The normalized spacial score (nSPS) is 11.0. The SMILES string of the molecule is COc1c(Cl)cc(Cl)cc1C(=O)Nc1ccc2oc(-c3ccc(C)c(C)c3)nc2c1. The van der Waals surface area contributed by atoms with Gasteiger partial charge >= 0.3 is 0 Å². The molecule has 3 aromatic carbocycles. The van der Waals surface area contributed by atoms with Crippen molar-refractivity contribution in [1.82, 2.24) is 4.98 Å². The molecule has 0 bridgehead atoms. The van der Waals surface area contributed by atoms with Crippen molar-refractivity contribution in [2.75, 3.05) is 12.4 Å². The van der Waals surface area contributed by atoms with Gasteiger partial charge in [0.05, 0.1) is 17.7 Å². The minimum atomic E-state index is -0.395. The lowest BCUT2D eigenvalue weighted by atomic mass is 10.1. The van der Waals surface area contributed by atoms with E-state index < -0.39 is 5.91 Å². The van der Waals surface area contributed by atoms with E-state index in [4.69, 9.17) is 32.4 Å². The largest absolute Gasteiger partial charge is 0.494 e. The van der Waals surface area contributed by atoms with Crippen LogP contribution in [0, 0.1) is 13.8 Å². The Morgan fingerprint density at radius 3 is 2.57 bits per heavy atom. The number of oxazole rings is 1. The van der Waals surface area contributed by atoms with Crippen LogP contribution in [0.15, 0.2) is 52.9 Å². The Kier molecular flexibility index (Phi) is 5.41. The molecule has 0 fully saturated rings. The summed E-state index contributed by atoms with van der Waals surface area (Å²) in [6, 6.07) is 14.3. The minimum absolute atomic E-state index is 0.242. The molecule has 0 atom stereocenters. The standard InChI is InChI=1S/C23H18Cl2N2O3/c1-12-4-5-14(8-13(12)2)23-27-19-11-16(6-7-20(19)30-23)26-22(28)17-9-15(24)10-18(25)21(17)29-3/h4-11H,1-3H3,(H,26,28). The fourth-order valence-corrected chi connectivity index (χ4v) is 3.71. The van der Waals surface area contributed by atoms with Crippen molar-refractivity contribution in [2.45, 2.75) is 13.8 Å². The molecule has 0 spiro atoms. The number of amides is 1. The van der Waals surface area contributed by atoms with Crippen LogP contribution in [0.3, 0.4) is 0 Å². The second-order valence-corrected chi connectivity index (χ2v) is 7.77. The van der Waals surface area contributed by atoms with Gasteiger partial charge in [-0.2, -0.15) is 0 Å². The number of anilines is 1. The van der Waals surface area contributed by atoms with Gasteiger partial charge in [0.25, 0.3) is 5.91 Å². The first kappa shape index (κ1) is 20.3. The maximum atomic E-state index is 12.8. The number of ether oxygens (including phenoxy) is 1. The van der Waals surface area contributed by atoms with Gasteiger partial charge < -0.3 is 14.5 Å². The van der Waals surface area contributed by atoms with Crippen LogP contribution in [0.5, 0.6) is 5.75 Å². The molecular formula is C23H18Cl2N2O3. The van der Waals surface area contributed by atoms with E-state index in [1.165, 1.54) is 24.8 Å². The number of nitrogens with one attached hydrogen (secondary N) is 1. The molecule has 0 saturated carbocycles. The van der Waals surface area contributed by atoms with E-state index in [-0.39, 0.29) is 16.3 Å². The number of nitrogens with zero attached hydrogens (tertiary/aromatic N) is 1. The topological polar surface area (TPSA) is 64.4 Å². The number of rotatable bonds is 4. The first-order valence-corrected chi connectivity index (χ1v) is 9.94.